The Kier molecular flexibility index (Phi) is 7.11. The van der Waals surface area contributed by atoms with E-state index in [-0.39, 0.29) is 22.4 Å². The summed E-state index contributed by atoms with van der Waals surface area (Å²) in [4.78, 5) is 16.8. The molecule has 1 amide bonds. The van der Waals surface area contributed by atoms with Gasteiger partial charge in [-0.3, -0.25) is 9.52 Å². The molecule has 4 aromatic rings. The molecule has 35 heavy (non-hydrogen) atoms. The zero-order valence-electron chi connectivity index (χ0n) is 19.3. The molecule has 1 aromatic heterocycles. The molecule has 3 aromatic carbocycles. The molecule has 1 atom stereocenters. The first-order chi connectivity index (χ1) is 16.9. The Labute approximate surface area is 203 Å². The molecule has 0 aliphatic rings. The molecule has 9 nitrogen and oxygen atoms in total. The smallest absolute Gasteiger partial charge is 0.261 e. The van der Waals surface area contributed by atoms with Crippen LogP contribution in [-0.2, 0) is 10.0 Å². The molecule has 1 heterocycles. The second-order valence-corrected chi connectivity index (χ2v) is 9.40. The predicted octanol–water partition coefficient (Wildman–Crippen LogP) is 3.96. The Morgan fingerprint density at radius 1 is 1.06 bits per heavy atom. The van der Waals surface area contributed by atoms with Crippen molar-refractivity contribution in [2.75, 3.05) is 11.3 Å². The van der Waals surface area contributed by atoms with Gasteiger partial charge in [-0.25, -0.2) is 18.1 Å². The SMILES string of the molecule is CCOc1ccc(NS(=O)(=O)c2cccc(C(=O)NC(C)c3ccc(-n4cncn4)cc3)c2)cc1. The summed E-state index contributed by atoms with van der Waals surface area (Å²) < 4.78 is 35.3. The standard InChI is InChI=1S/C25H25N5O4S/c1-3-34-23-13-9-21(10-14-23)29-35(32,33)24-6-4-5-20(15-24)25(31)28-18(2)19-7-11-22(12-8-19)30-17-26-16-27-30/h4-18,29H,3H2,1-2H3,(H,28,31). The number of ether oxygens (including phenoxy) is 1. The van der Waals surface area contributed by atoms with Gasteiger partial charge >= 0.3 is 0 Å². The van der Waals surface area contributed by atoms with Crippen LogP contribution >= 0.6 is 0 Å². The number of rotatable bonds is 9. The van der Waals surface area contributed by atoms with E-state index < -0.39 is 10.0 Å². The van der Waals surface area contributed by atoms with Crippen molar-refractivity contribution in [3.05, 3.63) is 96.6 Å². The second-order valence-electron chi connectivity index (χ2n) is 7.72. The highest BCUT2D eigenvalue weighted by Crippen LogP contribution is 2.21. The summed E-state index contributed by atoms with van der Waals surface area (Å²) in [6, 6.07) is 19.8. The minimum Gasteiger partial charge on any atom is -0.494 e. The highest BCUT2D eigenvalue weighted by atomic mass is 32.2. The third-order valence-corrected chi connectivity index (χ3v) is 6.63. The number of sulfonamides is 1. The maximum Gasteiger partial charge on any atom is 0.261 e. The summed E-state index contributed by atoms with van der Waals surface area (Å²) in [6.45, 7) is 4.25. The van der Waals surface area contributed by atoms with Crippen LogP contribution in [-0.4, -0.2) is 35.7 Å². The van der Waals surface area contributed by atoms with E-state index >= 15 is 0 Å². The highest BCUT2D eigenvalue weighted by Gasteiger charge is 2.18. The molecule has 10 heteroatoms. The largest absolute Gasteiger partial charge is 0.494 e. The average Bonchev–Trinajstić information content (AvgIpc) is 3.40. The zero-order chi connectivity index (χ0) is 24.8. The van der Waals surface area contributed by atoms with Gasteiger partial charge in [0, 0.05) is 11.3 Å². The Hall–Kier alpha value is -4.18. The van der Waals surface area contributed by atoms with E-state index in [9.17, 15) is 13.2 Å². The molecule has 2 N–H and O–H groups in total. The van der Waals surface area contributed by atoms with Crippen molar-refractivity contribution in [3.8, 4) is 11.4 Å². The Morgan fingerprint density at radius 2 is 1.80 bits per heavy atom. The number of benzene rings is 3. The first-order valence-electron chi connectivity index (χ1n) is 11.0. The molecule has 4 rings (SSSR count). The van der Waals surface area contributed by atoms with Gasteiger partial charge in [0.2, 0.25) is 0 Å². The van der Waals surface area contributed by atoms with Gasteiger partial charge in [0.15, 0.2) is 0 Å². The predicted molar refractivity (Wildman–Crippen MR) is 132 cm³/mol. The number of nitrogens with one attached hydrogen (secondary N) is 2. The number of anilines is 1. The fraction of sp³-hybridized carbons (Fsp3) is 0.160. The summed E-state index contributed by atoms with van der Waals surface area (Å²) in [5.41, 5.74) is 2.38. The Balaban J connectivity index is 1.44. The monoisotopic (exact) mass is 491 g/mol. The van der Waals surface area contributed by atoms with Gasteiger partial charge in [0.25, 0.3) is 15.9 Å². The molecule has 180 valence electrons. The minimum absolute atomic E-state index is 0.0103. The lowest BCUT2D eigenvalue weighted by molar-refractivity contribution is 0.0939. The number of amides is 1. The fourth-order valence-electron chi connectivity index (χ4n) is 3.43. The summed E-state index contributed by atoms with van der Waals surface area (Å²) in [7, 11) is -3.89. The van der Waals surface area contributed by atoms with Gasteiger partial charge in [0.05, 0.1) is 23.2 Å². The van der Waals surface area contributed by atoms with E-state index in [1.54, 1.807) is 47.4 Å². The maximum absolute atomic E-state index is 12.9. The van der Waals surface area contributed by atoms with E-state index in [0.29, 0.717) is 18.0 Å². The molecule has 0 aliphatic heterocycles. The first-order valence-corrected chi connectivity index (χ1v) is 12.5. The lowest BCUT2D eigenvalue weighted by atomic mass is 10.1. The number of hydrogen-bond acceptors (Lipinski definition) is 6. The average molecular weight is 492 g/mol. The fourth-order valence-corrected chi connectivity index (χ4v) is 4.53. The number of hydrogen-bond donors (Lipinski definition) is 2. The number of carbonyl (C=O) groups is 1. The van der Waals surface area contributed by atoms with E-state index in [1.807, 2.05) is 38.1 Å². The van der Waals surface area contributed by atoms with Gasteiger partial charge < -0.3 is 10.1 Å². The van der Waals surface area contributed by atoms with Crippen LogP contribution in [0, 0.1) is 0 Å². The third-order valence-electron chi connectivity index (χ3n) is 5.25. The lowest BCUT2D eigenvalue weighted by Crippen LogP contribution is -2.27. The van der Waals surface area contributed by atoms with Crippen molar-refractivity contribution >= 4 is 21.6 Å². The van der Waals surface area contributed by atoms with E-state index in [0.717, 1.165) is 11.3 Å². The van der Waals surface area contributed by atoms with Crippen LogP contribution in [0.5, 0.6) is 5.75 Å². The number of aromatic nitrogens is 3. The van der Waals surface area contributed by atoms with Crippen molar-refractivity contribution in [2.45, 2.75) is 24.8 Å². The molecule has 0 fully saturated rings. The van der Waals surface area contributed by atoms with Crippen LogP contribution in [0.2, 0.25) is 0 Å². The van der Waals surface area contributed by atoms with E-state index in [1.165, 1.54) is 18.5 Å². The molecule has 0 radical (unpaired) electrons. The van der Waals surface area contributed by atoms with Crippen LogP contribution in [0.1, 0.15) is 35.8 Å². The molecule has 0 spiro atoms. The molecular formula is C25H25N5O4S. The van der Waals surface area contributed by atoms with Gasteiger partial charge in [0.1, 0.15) is 18.4 Å². The molecular weight excluding hydrogens is 466 g/mol. The van der Waals surface area contributed by atoms with Crippen LogP contribution in [0.15, 0.2) is 90.3 Å². The van der Waals surface area contributed by atoms with Crippen LogP contribution in [0.25, 0.3) is 5.69 Å². The molecule has 0 saturated heterocycles. The quantitative estimate of drug-likeness (QED) is 0.366. The third kappa shape index (κ3) is 5.85. The van der Waals surface area contributed by atoms with Crippen molar-refractivity contribution in [3.63, 3.8) is 0 Å². The molecule has 0 saturated carbocycles. The van der Waals surface area contributed by atoms with Gasteiger partial charge in [-0.05, 0) is 74.0 Å². The Bertz CT molecular complexity index is 1390. The zero-order valence-corrected chi connectivity index (χ0v) is 20.1. The van der Waals surface area contributed by atoms with Crippen LogP contribution < -0.4 is 14.8 Å². The van der Waals surface area contributed by atoms with Crippen molar-refractivity contribution in [1.29, 1.82) is 0 Å². The Morgan fingerprint density at radius 3 is 2.46 bits per heavy atom. The second kappa shape index (κ2) is 10.4. The van der Waals surface area contributed by atoms with Crippen LogP contribution in [0.4, 0.5) is 5.69 Å². The van der Waals surface area contributed by atoms with Gasteiger partial charge in [-0.1, -0.05) is 18.2 Å². The molecule has 1 unspecified atom stereocenters. The molecule has 0 aliphatic carbocycles. The first kappa shape index (κ1) is 24.0. The number of nitrogens with zero attached hydrogens (tertiary/aromatic N) is 3. The normalized spacial score (nSPS) is 12.1. The lowest BCUT2D eigenvalue weighted by Gasteiger charge is -2.15. The van der Waals surface area contributed by atoms with Gasteiger partial charge in [-0.15, -0.1) is 0 Å². The topological polar surface area (TPSA) is 115 Å². The molecule has 0 bridgehead atoms. The van der Waals surface area contributed by atoms with E-state index in [2.05, 4.69) is 20.1 Å². The highest BCUT2D eigenvalue weighted by molar-refractivity contribution is 7.92. The summed E-state index contributed by atoms with van der Waals surface area (Å²) in [5, 5.41) is 7.00. The van der Waals surface area contributed by atoms with Crippen molar-refractivity contribution in [1.82, 2.24) is 20.1 Å². The summed E-state index contributed by atoms with van der Waals surface area (Å²) in [6.07, 6.45) is 3.06. The minimum atomic E-state index is -3.89. The summed E-state index contributed by atoms with van der Waals surface area (Å²) in [5.74, 6) is 0.271. The van der Waals surface area contributed by atoms with Crippen molar-refractivity contribution in [2.24, 2.45) is 0 Å². The summed E-state index contributed by atoms with van der Waals surface area (Å²) >= 11 is 0. The maximum atomic E-state index is 12.9. The van der Waals surface area contributed by atoms with E-state index in [4.69, 9.17) is 4.74 Å². The van der Waals surface area contributed by atoms with Crippen molar-refractivity contribution < 1.29 is 17.9 Å². The van der Waals surface area contributed by atoms with Gasteiger partial charge in [-0.2, -0.15) is 5.10 Å². The van der Waals surface area contributed by atoms with Crippen LogP contribution in [0.3, 0.4) is 0 Å². The number of carbonyl (C=O) groups excluding carboxylic acids is 1.